The van der Waals surface area contributed by atoms with Gasteiger partial charge in [-0.25, -0.2) is 4.98 Å². The maximum atomic E-state index is 11.6. The van der Waals surface area contributed by atoms with Crippen molar-refractivity contribution in [1.29, 1.82) is 0 Å². The summed E-state index contributed by atoms with van der Waals surface area (Å²) in [6, 6.07) is 8.41. The summed E-state index contributed by atoms with van der Waals surface area (Å²) >= 11 is 7.08. The number of nitrogens with zero attached hydrogens (tertiary/aromatic N) is 1. The Morgan fingerprint density at radius 1 is 1.45 bits per heavy atom. The molecule has 0 bridgehead atoms. The number of nitrogens with one attached hydrogen (secondary N) is 1. The maximum absolute atomic E-state index is 11.6. The van der Waals surface area contributed by atoms with Gasteiger partial charge in [0.05, 0.1) is 0 Å². The van der Waals surface area contributed by atoms with Crippen LogP contribution in [0.15, 0.2) is 30.5 Å². The van der Waals surface area contributed by atoms with Gasteiger partial charge in [0, 0.05) is 29.8 Å². The smallest absolute Gasteiger partial charge is 0.226 e. The Balaban J connectivity index is 1.93. The molecule has 0 aliphatic heterocycles. The second kappa shape index (κ2) is 7.41. The lowest BCUT2D eigenvalue weighted by Gasteiger charge is -2.00. The number of thiazole rings is 1. The standard InChI is InChI=1S/C15H17ClN2OS/c1-11-4-2-5-12(8-11)9-13-10-17-15(20-13)18-14(19)6-3-7-16/h2,4-5,8,10H,3,6-7,9H2,1H3,(H,17,18,19). The number of rotatable bonds is 6. The zero-order valence-electron chi connectivity index (χ0n) is 11.4. The largest absolute Gasteiger partial charge is 0.302 e. The van der Waals surface area contributed by atoms with Gasteiger partial charge < -0.3 is 5.32 Å². The molecule has 1 N–H and O–H groups in total. The van der Waals surface area contributed by atoms with Crippen molar-refractivity contribution in [3.8, 4) is 0 Å². The van der Waals surface area contributed by atoms with E-state index < -0.39 is 0 Å². The molecule has 20 heavy (non-hydrogen) atoms. The lowest BCUT2D eigenvalue weighted by molar-refractivity contribution is -0.116. The Morgan fingerprint density at radius 3 is 3.05 bits per heavy atom. The van der Waals surface area contributed by atoms with E-state index in [-0.39, 0.29) is 5.91 Å². The highest BCUT2D eigenvalue weighted by Gasteiger charge is 2.07. The van der Waals surface area contributed by atoms with Crippen LogP contribution >= 0.6 is 22.9 Å². The predicted octanol–water partition coefficient (Wildman–Crippen LogP) is 4.00. The summed E-state index contributed by atoms with van der Waals surface area (Å²) in [6.45, 7) is 2.08. The second-order valence-corrected chi connectivity index (χ2v) is 6.13. The molecule has 0 atom stereocenters. The van der Waals surface area contributed by atoms with Crippen molar-refractivity contribution in [2.45, 2.75) is 26.2 Å². The van der Waals surface area contributed by atoms with E-state index in [2.05, 4.69) is 41.5 Å². The lowest BCUT2D eigenvalue weighted by atomic mass is 10.1. The first kappa shape index (κ1) is 15.0. The molecule has 0 spiro atoms. The first-order valence-electron chi connectivity index (χ1n) is 6.53. The molecule has 2 aromatic rings. The molecule has 1 aromatic heterocycles. The molecule has 2 rings (SSSR count). The minimum absolute atomic E-state index is 0.0258. The third kappa shape index (κ3) is 4.62. The molecular formula is C15H17ClN2OS. The summed E-state index contributed by atoms with van der Waals surface area (Å²) in [7, 11) is 0. The monoisotopic (exact) mass is 308 g/mol. The molecule has 106 valence electrons. The molecule has 0 aliphatic carbocycles. The van der Waals surface area contributed by atoms with Crippen LogP contribution < -0.4 is 5.32 Å². The maximum Gasteiger partial charge on any atom is 0.226 e. The van der Waals surface area contributed by atoms with Crippen molar-refractivity contribution in [3.63, 3.8) is 0 Å². The fraction of sp³-hybridized carbons (Fsp3) is 0.333. The van der Waals surface area contributed by atoms with Crippen molar-refractivity contribution in [2.75, 3.05) is 11.2 Å². The third-order valence-electron chi connectivity index (χ3n) is 2.80. The van der Waals surface area contributed by atoms with Gasteiger partial charge in [0.2, 0.25) is 5.91 Å². The van der Waals surface area contributed by atoms with E-state index in [0.29, 0.717) is 23.9 Å². The van der Waals surface area contributed by atoms with E-state index in [1.54, 1.807) is 0 Å². The minimum Gasteiger partial charge on any atom is -0.302 e. The molecule has 0 saturated carbocycles. The summed E-state index contributed by atoms with van der Waals surface area (Å²) in [5.74, 6) is 0.478. The van der Waals surface area contributed by atoms with Gasteiger partial charge in [-0.1, -0.05) is 29.8 Å². The Morgan fingerprint density at radius 2 is 2.30 bits per heavy atom. The van der Waals surface area contributed by atoms with E-state index in [1.807, 2.05) is 6.20 Å². The molecule has 5 heteroatoms. The SMILES string of the molecule is Cc1cccc(Cc2cnc(NC(=O)CCCCl)s2)c1. The van der Waals surface area contributed by atoms with Crippen LogP contribution in [0.5, 0.6) is 0 Å². The van der Waals surface area contributed by atoms with Crippen molar-refractivity contribution < 1.29 is 4.79 Å². The van der Waals surface area contributed by atoms with Crippen molar-refractivity contribution in [2.24, 2.45) is 0 Å². The van der Waals surface area contributed by atoms with Crippen LogP contribution in [0, 0.1) is 6.92 Å². The molecular weight excluding hydrogens is 292 g/mol. The van der Waals surface area contributed by atoms with E-state index in [9.17, 15) is 4.79 Å². The number of hydrogen-bond acceptors (Lipinski definition) is 3. The van der Waals surface area contributed by atoms with E-state index in [0.717, 1.165) is 11.3 Å². The predicted molar refractivity (Wildman–Crippen MR) is 84.7 cm³/mol. The summed E-state index contributed by atoms with van der Waals surface area (Å²) in [6.07, 6.45) is 3.80. The van der Waals surface area contributed by atoms with Gasteiger partial charge in [0.1, 0.15) is 0 Å². The number of carbonyl (C=O) groups excluding carboxylic acids is 1. The molecule has 3 nitrogen and oxygen atoms in total. The highest BCUT2D eigenvalue weighted by molar-refractivity contribution is 7.15. The Hall–Kier alpha value is -1.39. The summed E-state index contributed by atoms with van der Waals surface area (Å²) in [4.78, 5) is 17.0. The van der Waals surface area contributed by atoms with Gasteiger partial charge in [0.25, 0.3) is 0 Å². The van der Waals surface area contributed by atoms with Crippen LogP contribution in [0.25, 0.3) is 0 Å². The topological polar surface area (TPSA) is 42.0 Å². The first-order chi connectivity index (χ1) is 9.67. The molecule has 1 heterocycles. The average Bonchev–Trinajstić information content (AvgIpc) is 2.83. The molecule has 0 saturated heterocycles. The number of anilines is 1. The van der Waals surface area contributed by atoms with Crippen molar-refractivity contribution in [1.82, 2.24) is 4.98 Å². The van der Waals surface area contributed by atoms with Gasteiger partial charge in [-0.15, -0.1) is 22.9 Å². The number of amides is 1. The van der Waals surface area contributed by atoms with Crippen LogP contribution in [0.2, 0.25) is 0 Å². The van der Waals surface area contributed by atoms with Crippen LogP contribution in [-0.4, -0.2) is 16.8 Å². The van der Waals surface area contributed by atoms with E-state index in [1.165, 1.54) is 22.5 Å². The average molecular weight is 309 g/mol. The highest BCUT2D eigenvalue weighted by Crippen LogP contribution is 2.21. The van der Waals surface area contributed by atoms with Crippen molar-refractivity contribution >= 4 is 34.0 Å². The molecule has 1 aromatic carbocycles. The van der Waals surface area contributed by atoms with Gasteiger partial charge >= 0.3 is 0 Å². The number of carbonyl (C=O) groups is 1. The van der Waals surface area contributed by atoms with Gasteiger partial charge in [-0.05, 0) is 18.9 Å². The highest BCUT2D eigenvalue weighted by atomic mass is 35.5. The lowest BCUT2D eigenvalue weighted by Crippen LogP contribution is -2.10. The molecule has 0 unspecified atom stereocenters. The molecule has 1 amide bonds. The zero-order chi connectivity index (χ0) is 14.4. The minimum atomic E-state index is -0.0258. The van der Waals surface area contributed by atoms with Crippen LogP contribution in [0.1, 0.15) is 28.8 Å². The van der Waals surface area contributed by atoms with E-state index in [4.69, 9.17) is 11.6 Å². The van der Waals surface area contributed by atoms with Crippen LogP contribution in [-0.2, 0) is 11.2 Å². The number of halogens is 1. The fourth-order valence-electron chi connectivity index (χ4n) is 1.88. The van der Waals surface area contributed by atoms with Crippen molar-refractivity contribution in [3.05, 3.63) is 46.5 Å². The number of benzene rings is 1. The molecule has 0 aliphatic rings. The Labute approximate surface area is 128 Å². The normalized spacial score (nSPS) is 10.5. The van der Waals surface area contributed by atoms with Crippen LogP contribution in [0.4, 0.5) is 5.13 Å². The second-order valence-electron chi connectivity index (χ2n) is 4.64. The Bertz CT molecular complexity index is 583. The number of hydrogen-bond donors (Lipinski definition) is 1. The first-order valence-corrected chi connectivity index (χ1v) is 7.88. The summed E-state index contributed by atoms with van der Waals surface area (Å²) < 4.78 is 0. The number of aromatic nitrogens is 1. The van der Waals surface area contributed by atoms with E-state index >= 15 is 0 Å². The van der Waals surface area contributed by atoms with Gasteiger partial charge in [0.15, 0.2) is 5.13 Å². The van der Waals surface area contributed by atoms with Crippen LogP contribution in [0.3, 0.4) is 0 Å². The summed E-state index contributed by atoms with van der Waals surface area (Å²) in [5.41, 5.74) is 2.51. The molecule has 0 radical (unpaired) electrons. The number of alkyl halides is 1. The van der Waals surface area contributed by atoms with Gasteiger partial charge in [-0.3, -0.25) is 4.79 Å². The quantitative estimate of drug-likeness (QED) is 0.820. The number of aryl methyl sites for hydroxylation is 1. The zero-order valence-corrected chi connectivity index (χ0v) is 12.9. The Kier molecular flexibility index (Phi) is 5.56. The fourth-order valence-corrected chi connectivity index (χ4v) is 2.88. The van der Waals surface area contributed by atoms with Gasteiger partial charge in [-0.2, -0.15) is 0 Å². The summed E-state index contributed by atoms with van der Waals surface area (Å²) in [5, 5.41) is 3.46. The third-order valence-corrected chi connectivity index (χ3v) is 3.98. The molecule has 0 fully saturated rings.